The molecule has 7 heteroatoms. The number of rotatable bonds is 7. The zero-order valence-electron chi connectivity index (χ0n) is 14.2. The van der Waals surface area contributed by atoms with Gasteiger partial charge in [-0.1, -0.05) is 25.2 Å². The van der Waals surface area contributed by atoms with E-state index in [1.807, 2.05) is 12.3 Å². The highest BCUT2D eigenvalue weighted by molar-refractivity contribution is 7.07. The number of nitrogens with one attached hydrogen (secondary N) is 1. The Hall–Kier alpha value is -1.18. The van der Waals surface area contributed by atoms with Gasteiger partial charge >= 0.3 is 4.87 Å². The van der Waals surface area contributed by atoms with Gasteiger partial charge in [0.2, 0.25) is 5.91 Å². The van der Waals surface area contributed by atoms with Gasteiger partial charge in [-0.15, -0.1) is 0 Å². The summed E-state index contributed by atoms with van der Waals surface area (Å²) in [5, 5.41) is 4.86. The average molecular weight is 341 g/mol. The lowest BCUT2D eigenvalue weighted by Crippen LogP contribution is -2.51. The van der Waals surface area contributed by atoms with Gasteiger partial charge in [-0.25, -0.2) is 0 Å². The second-order valence-electron chi connectivity index (χ2n) is 6.31. The van der Waals surface area contributed by atoms with Crippen molar-refractivity contribution in [3.8, 4) is 0 Å². The smallest absolute Gasteiger partial charge is 0.307 e. The Bertz CT molecular complexity index is 561. The highest BCUT2D eigenvalue weighted by atomic mass is 32.1. The fraction of sp³-hybridized carbons (Fsp3) is 0.750. The van der Waals surface area contributed by atoms with Gasteiger partial charge in [0.1, 0.15) is 0 Å². The second kappa shape index (κ2) is 8.61. The molecule has 1 N–H and O–H groups in total. The first kappa shape index (κ1) is 18.2. The van der Waals surface area contributed by atoms with E-state index in [-0.39, 0.29) is 10.8 Å². The van der Waals surface area contributed by atoms with Crippen molar-refractivity contribution in [2.24, 2.45) is 5.92 Å². The minimum absolute atomic E-state index is 0.00131. The van der Waals surface area contributed by atoms with Crippen LogP contribution in [0.2, 0.25) is 0 Å². The Morgan fingerprint density at radius 3 is 2.65 bits per heavy atom. The van der Waals surface area contributed by atoms with E-state index in [4.69, 9.17) is 4.74 Å². The average Bonchev–Trinajstić information content (AvgIpc) is 2.85. The maximum atomic E-state index is 12.1. The number of hydrogen-bond donors (Lipinski definition) is 1. The third-order valence-corrected chi connectivity index (χ3v) is 5.21. The van der Waals surface area contributed by atoms with Crippen LogP contribution in [-0.2, 0) is 16.1 Å². The Morgan fingerprint density at radius 2 is 2.09 bits per heavy atom. The zero-order valence-corrected chi connectivity index (χ0v) is 15.0. The van der Waals surface area contributed by atoms with Gasteiger partial charge in [-0.3, -0.25) is 14.5 Å². The van der Waals surface area contributed by atoms with Crippen molar-refractivity contribution in [2.75, 3.05) is 32.8 Å². The van der Waals surface area contributed by atoms with E-state index in [1.165, 1.54) is 11.3 Å². The molecule has 6 nitrogen and oxygen atoms in total. The Kier molecular flexibility index (Phi) is 6.80. The van der Waals surface area contributed by atoms with Crippen LogP contribution in [0.25, 0.3) is 0 Å². The topological polar surface area (TPSA) is 63.6 Å². The maximum absolute atomic E-state index is 12.1. The van der Waals surface area contributed by atoms with E-state index in [0.717, 1.165) is 32.0 Å². The van der Waals surface area contributed by atoms with Crippen molar-refractivity contribution >= 4 is 17.2 Å². The molecule has 1 fully saturated rings. The summed E-state index contributed by atoms with van der Waals surface area (Å²) in [5.41, 5.74) is 0.918. The van der Waals surface area contributed by atoms with Crippen LogP contribution in [0.15, 0.2) is 10.2 Å². The largest absolute Gasteiger partial charge is 0.379 e. The van der Waals surface area contributed by atoms with E-state index >= 15 is 0 Å². The molecule has 0 bridgehead atoms. The van der Waals surface area contributed by atoms with Crippen LogP contribution in [0, 0.1) is 12.8 Å². The SMILES string of the molecule is Cc1csc(=O)n1CCC(=O)NC[C@H](C(C)C)N1CCOCC1. The molecule has 0 unspecified atom stereocenters. The number of aromatic nitrogens is 1. The zero-order chi connectivity index (χ0) is 16.8. The number of ether oxygens (including phenoxy) is 1. The number of nitrogens with zero attached hydrogens (tertiary/aromatic N) is 2. The lowest BCUT2D eigenvalue weighted by Gasteiger charge is -2.36. The minimum Gasteiger partial charge on any atom is -0.379 e. The molecule has 23 heavy (non-hydrogen) atoms. The number of carbonyl (C=O) groups excluding carboxylic acids is 1. The van der Waals surface area contributed by atoms with Crippen LogP contribution < -0.4 is 10.2 Å². The molecule has 1 aliphatic heterocycles. The van der Waals surface area contributed by atoms with Crippen LogP contribution in [0.4, 0.5) is 0 Å². The highest BCUT2D eigenvalue weighted by Crippen LogP contribution is 2.12. The quantitative estimate of drug-likeness (QED) is 0.806. The molecule has 1 aromatic heterocycles. The van der Waals surface area contributed by atoms with Crippen molar-refractivity contribution in [2.45, 2.75) is 39.8 Å². The predicted molar refractivity (Wildman–Crippen MR) is 92.0 cm³/mol. The molecule has 2 heterocycles. The van der Waals surface area contributed by atoms with E-state index in [9.17, 15) is 9.59 Å². The second-order valence-corrected chi connectivity index (χ2v) is 7.13. The first-order valence-electron chi connectivity index (χ1n) is 8.22. The first-order chi connectivity index (χ1) is 11.0. The lowest BCUT2D eigenvalue weighted by atomic mass is 10.0. The monoisotopic (exact) mass is 341 g/mol. The number of carbonyl (C=O) groups is 1. The minimum atomic E-state index is 0.00131. The van der Waals surface area contributed by atoms with Crippen LogP contribution in [0.5, 0.6) is 0 Å². The lowest BCUT2D eigenvalue weighted by molar-refractivity contribution is -0.121. The molecular weight excluding hydrogens is 314 g/mol. The van der Waals surface area contributed by atoms with Gasteiger partial charge in [-0.2, -0.15) is 0 Å². The number of amides is 1. The number of hydrogen-bond acceptors (Lipinski definition) is 5. The summed E-state index contributed by atoms with van der Waals surface area (Å²) >= 11 is 1.18. The van der Waals surface area contributed by atoms with Crippen LogP contribution in [0.3, 0.4) is 0 Å². The van der Waals surface area contributed by atoms with Crippen LogP contribution in [-0.4, -0.2) is 54.3 Å². The molecule has 0 saturated carbocycles. The van der Waals surface area contributed by atoms with E-state index in [1.54, 1.807) is 4.57 Å². The van der Waals surface area contributed by atoms with Gasteiger partial charge in [-0.05, 0) is 12.8 Å². The molecule has 0 aliphatic carbocycles. The third kappa shape index (κ3) is 5.16. The summed E-state index contributed by atoms with van der Waals surface area (Å²) in [4.78, 5) is 26.1. The normalized spacial score (nSPS) is 17.4. The number of thiazole rings is 1. The molecule has 0 spiro atoms. The summed E-state index contributed by atoms with van der Waals surface area (Å²) in [7, 11) is 0. The molecular formula is C16H27N3O3S. The van der Waals surface area contributed by atoms with E-state index in [0.29, 0.717) is 31.5 Å². The summed E-state index contributed by atoms with van der Waals surface area (Å²) in [5.74, 6) is 0.469. The molecule has 1 aliphatic rings. The molecule has 0 radical (unpaired) electrons. The molecule has 2 rings (SSSR count). The van der Waals surface area contributed by atoms with Crippen molar-refractivity contribution in [3.05, 3.63) is 20.7 Å². The van der Waals surface area contributed by atoms with Crippen LogP contribution in [0.1, 0.15) is 26.0 Å². The summed E-state index contributed by atoms with van der Waals surface area (Å²) in [6.45, 7) is 10.7. The van der Waals surface area contributed by atoms with E-state index in [2.05, 4.69) is 24.1 Å². The Morgan fingerprint density at radius 1 is 1.39 bits per heavy atom. The molecule has 1 aromatic rings. The number of morpholine rings is 1. The van der Waals surface area contributed by atoms with Gasteiger partial charge in [0.25, 0.3) is 0 Å². The summed E-state index contributed by atoms with van der Waals surface area (Å²) in [6, 6.07) is 0.327. The summed E-state index contributed by atoms with van der Waals surface area (Å²) in [6.07, 6.45) is 0.339. The third-order valence-electron chi connectivity index (χ3n) is 4.33. The number of aryl methyl sites for hydroxylation is 1. The molecule has 130 valence electrons. The maximum Gasteiger partial charge on any atom is 0.307 e. The molecule has 0 aromatic carbocycles. The van der Waals surface area contributed by atoms with Crippen molar-refractivity contribution in [3.63, 3.8) is 0 Å². The van der Waals surface area contributed by atoms with E-state index < -0.39 is 0 Å². The van der Waals surface area contributed by atoms with Crippen molar-refractivity contribution in [1.29, 1.82) is 0 Å². The van der Waals surface area contributed by atoms with Gasteiger partial charge in [0, 0.05) is 49.7 Å². The van der Waals surface area contributed by atoms with Crippen molar-refractivity contribution < 1.29 is 9.53 Å². The predicted octanol–water partition coefficient (Wildman–Crippen LogP) is 1.08. The van der Waals surface area contributed by atoms with Crippen molar-refractivity contribution in [1.82, 2.24) is 14.8 Å². The van der Waals surface area contributed by atoms with Crippen LogP contribution >= 0.6 is 11.3 Å². The molecule has 1 amide bonds. The van der Waals surface area contributed by atoms with Gasteiger partial charge in [0.05, 0.1) is 13.2 Å². The highest BCUT2D eigenvalue weighted by Gasteiger charge is 2.24. The first-order valence-corrected chi connectivity index (χ1v) is 9.10. The fourth-order valence-corrected chi connectivity index (χ4v) is 3.65. The summed E-state index contributed by atoms with van der Waals surface area (Å²) < 4.78 is 7.06. The molecule has 1 saturated heterocycles. The fourth-order valence-electron chi connectivity index (χ4n) is 2.89. The Balaban J connectivity index is 1.80. The van der Waals surface area contributed by atoms with Gasteiger partial charge in [0.15, 0.2) is 0 Å². The standard InChI is InChI=1S/C16H27N3O3S/c1-12(2)14(18-6-8-22-9-7-18)10-17-15(20)4-5-19-13(3)11-23-16(19)21/h11-12,14H,4-10H2,1-3H3,(H,17,20)/t14-/m1/s1. The van der Waals surface area contributed by atoms with Gasteiger partial charge < -0.3 is 14.6 Å². The Labute approximate surface area is 141 Å². The molecule has 1 atom stereocenters.